The van der Waals surface area contributed by atoms with E-state index in [0.717, 1.165) is 47.7 Å². The quantitative estimate of drug-likeness (QED) is 0.579. The summed E-state index contributed by atoms with van der Waals surface area (Å²) in [6.45, 7) is 2.19. The van der Waals surface area contributed by atoms with Gasteiger partial charge >= 0.3 is 0 Å². The minimum atomic E-state index is -0.756. The monoisotopic (exact) mass is 422 g/mol. The van der Waals surface area contributed by atoms with Crippen molar-refractivity contribution in [2.75, 3.05) is 0 Å². The third-order valence-corrected chi connectivity index (χ3v) is 7.35. The summed E-state index contributed by atoms with van der Waals surface area (Å²) in [5, 5.41) is 17.0. The maximum absolute atomic E-state index is 13.3. The van der Waals surface area contributed by atoms with E-state index in [0.29, 0.717) is 6.42 Å². The maximum atomic E-state index is 13.3. The van der Waals surface area contributed by atoms with Crippen molar-refractivity contribution in [3.63, 3.8) is 0 Å². The Balaban J connectivity index is 1.43. The van der Waals surface area contributed by atoms with Crippen molar-refractivity contribution >= 4 is 17.7 Å². The van der Waals surface area contributed by atoms with Crippen molar-refractivity contribution in [2.24, 2.45) is 5.41 Å². The van der Waals surface area contributed by atoms with E-state index in [2.05, 4.69) is 18.1 Å². The van der Waals surface area contributed by atoms with Gasteiger partial charge in [0.15, 0.2) is 0 Å². The Morgan fingerprint density at radius 3 is 2.60 bits per heavy atom. The molecule has 1 N–H and O–H groups in total. The fourth-order valence-electron chi connectivity index (χ4n) is 5.12. The van der Waals surface area contributed by atoms with E-state index >= 15 is 0 Å². The second kappa shape index (κ2) is 7.07. The number of hydrogen-bond acceptors (Lipinski definition) is 2. The fraction of sp³-hybridized carbons (Fsp3) is 0.320. The van der Waals surface area contributed by atoms with E-state index in [4.69, 9.17) is 11.6 Å². The summed E-state index contributed by atoms with van der Waals surface area (Å²) in [5.74, 6) is -0.257. The first-order chi connectivity index (χ1) is 14.4. The molecule has 0 spiro atoms. The van der Waals surface area contributed by atoms with Crippen LogP contribution in [0.15, 0.2) is 60.3 Å². The number of halogens is 2. The largest absolute Gasteiger partial charge is 0.389 e. The van der Waals surface area contributed by atoms with E-state index in [-0.39, 0.29) is 11.2 Å². The van der Waals surface area contributed by atoms with E-state index in [9.17, 15) is 9.50 Å². The molecule has 0 radical (unpaired) electrons. The van der Waals surface area contributed by atoms with Crippen molar-refractivity contribution in [3.8, 4) is 5.69 Å². The molecule has 5 heteroatoms. The number of aromatic nitrogens is 2. The van der Waals surface area contributed by atoms with Gasteiger partial charge in [0.05, 0.1) is 23.2 Å². The van der Waals surface area contributed by atoms with E-state index in [1.807, 2.05) is 35.1 Å². The second-order valence-corrected chi connectivity index (χ2v) is 9.22. The third-order valence-electron chi connectivity index (χ3n) is 7.10. The van der Waals surface area contributed by atoms with Gasteiger partial charge in [-0.1, -0.05) is 36.2 Å². The molecule has 5 rings (SSSR count). The van der Waals surface area contributed by atoms with Gasteiger partial charge < -0.3 is 5.11 Å². The van der Waals surface area contributed by atoms with Gasteiger partial charge in [0, 0.05) is 10.4 Å². The second-order valence-electron chi connectivity index (χ2n) is 8.78. The van der Waals surface area contributed by atoms with E-state index in [1.54, 1.807) is 12.1 Å². The molecule has 0 amide bonds. The number of aliphatic hydroxyl groups is 1. The van der Waals surface area contributed by atoms with Crippen LogP contribution in [0.2, 0.25) is 5.02 Å². The van der Waals surface area contributed by atoms with E-state index in [1.165, 1.54) is 23.3 Å². The number of fused-ring (bicyclic) bond motifs is 2. The molecule has 3 aromatic rings. The molecule has 0 bridgehead atoms. The highest BCUT2D eigenvalue weighted by atomic mass is 35.5. The first kappa shape index (κ1) is 19.5. The van der Waals surface area contributed by atoms with Gasteiger partial charge in [0.2, 0.25) is 0 Å². The lowest BCUT2D eigenvalue weighted by Crippen LogP contribution is -2.45. The predicted molar refractivity (Wildman–Crippen MR) is 117 cm³/mol. The minimum Gasteiger partial charge on any atom is -0.389 e. The minimum absolute atomic E-state index is 0.257. The molecule has 1 heterocycles. The fourth-order valence-corrected chi connectivity index (χ4v) is 5.25. The summed E-state index contributed by atoms with van der Waals surface area (Å²) in [4.78, 5) is 0. The Hall–Kier alpha value is -2.43. The van der Waals surface area contributed by atoms with Crippen molar-refractivity contribution in [3.05, 3.63) is 88.0 Å². The summed E-state index contributed by atoms with van der Waals surface area (Å²) in [7, 11) is 0. The molecule has 2 aliphatic rings. The molecule has 1 fully saturated rings. The SMILES string of the molecule is C[C@]12Cc3cnn(-c4ccc(F)cc4)c3C=C1CC[C@@]2(O)CCc1ccc(Cl)cc1. The van der Waals surface area contributed by atoms with Crippen LogP contribution in [0.3, 0.4) is 0 Å². The predicted octanol–water partition coefficient (Wildman–Crippen LogP) is 5.77. The third kappa shape index (κ3) is 3.10. The van der Waals surface area contributed by atoms with Crippen molar-refractivity contribution in [2.45, 2.75) is 44.6 Å². The van der Waals surface area contributed by atoms with Crippen LogP contribution in [0.5, 0.6) is 0 Å². The summed E-state index contributed by atoms with van der Waals surface area (Å²) >= 11 is 6.00. The van der Waals surface area contributed by atoms with Crippen molar-refractivity contribution in [1.29, 1.82) is 0 Å². The smallest absolute Gasteiger partial charge is 0.123 e. The molecule has 0 aliphatic heterocycles. The first-order valence-electron chi connectivity index (χ1n) is 10.4. The Labute approximate surface area is 180 Å². The van der Waals surface area contributed by atoms with Crippen LogP contribution in [0, 0.1) is 11.2 Å². The highest BCUT2D eigenvalue weighted by Gasteiger charge is 2.54. The lowest BCUT2D eigenvalue weighted by molar-refractivity contribution is -0.0461. The zero-order chi connectivity index (χ0) is 20.9. The summed E-state index contributed by atoms with van der Waals surface area (Å²) in [5.41, 5.74) is 4.41. The maximum Gasteiger partial charge on any atom is 0.123 e. The summed E-state index contributed by atoms with van der Waals surface area (Å²) < 4.78 is 15.2. The molecule has 1 aromatic heterocycles. The normalized spacial score (nSPS) is 25.0. The lowest BCUT2D eigenvalue weighted by Gasteiger charge is -2.42. The molecule has 0 saturated heterocycles. The molecule has 3 nitrogen and oxygen atoms in total. The Morgan fingerprint density at radius 2 is 1.87 bits per heavy atom. The van der Waals surface area contributed by atoms with E-state index < -0.39 is 5.60 Å². The number of hydrogen-bond donors (Lipinski definition) is 1. The van der Waals surface area contributed by atoms with Gasteiger partial charge in [-0.3, -0.25) is 0 Å². The van der Waals surface area contributed by atoms with Crippen LogP contribution in [0.1, 0.15) is 43.0 Å². The summed E-state index contributed by atoms with van der Waals surface area (Å²) in [6.07, 6.45) is 8.00. The number of benzene rings is 2. The van der Waals surface area contributed by atoms with Crippen LogP contribution in [-0.2, 0) is 12.8 Å². The molecule has 2 aliphatic carbocycles. The molecule has 2 aromatic carbocycles. The number of aryl methyl sites for hydroxylation is 1. The first-order valence-corrected chi connectivity index (χ1v) is 10.8. The molecule has 30 heavy (non-hydrogen) atoms. The molecular formula is C25H24ClFN2O. The topological polar surface area (TPSA) is 38.0 Å². The number of rotatable bonds is 4. The molecular weight excluding hydrogens is 399 g/mol. The Bertz CT molecular complexity index is 1120. The Morgan fingerprint density at radius 1 is 1.13 bits per heavy atom. The van der Waals surface area contributed by atoms with Crippen LogP contribution in [-0.4, -0.2) is 20.5 Å². The average molecular weight is 423 g/mol. The average Bonchev–Trinajstić information content (AvgIpc) is 3.25. The van der Waals surface area contributed by atoms with Crippen molar-refractivity contribution in [1.82, 2.24) is 9.78 Å². The van der Waals surface area contributed by atoms with Gasteiger partial charge in [-0.2, -0.15) is 5.10 Å². The molecule has 154 valence electrons. The standard InChI is InChI=1S/C25H24ClFN2O/c1-24-15-18-16-28-29(22-8-6-21(27)7-9-22)23(18)14-19(24)11-13-25(24,30)12-10-17-2-4-20(26)5-3-17/h2-9,14,16,30H,10-13,15H2,1H3/t24-,25-/m0/s1. The van der Waals surface area contributed by atoms with Gasteiger partial charge in [-0.15, -0.1) is 0 Å². The van der Waals surface area contributed by atoms with Gasteiger partial charge in [-0.05, 0) is 85.7 Å². The van der Waals surface area contributed by atoms with Gasteiger partial charge in [0.25, 0.3) is 0 Å². The van der Waals surface area contributed by atoms with Crippen LogP contribution < -0.4 is 0 Å². The highest BCUT2D eigenvalue weighted by Crippen LogP contribution is 2.56. The van der Waals surface area contributed by atoms with Crippen molar-refractivity contribution < 1.29 is 9.50 Å². The zero-order valence-electron chi connectivity index (χ0n) is 16.9. The highest BCUT2D eigenvalue weighted by molar-refractivity contribution is 6.30. The lowest BCUT2D eigenvalue weighted by atomic mass is 9.65. The summed E-state index contributed by atoms with van der Waals surface area (Å²) in [6, 6.07) is 14.3. The Kier molecular flexibility index (Phi) is 4.60. The molecule has 1 saturated carbocycles. The number of nitrogens with zero attached hydrogens (tertiary/aromatic N) is 2. The van der Waals surface area contributed by atoms with Crippen LogP contribution >= 0.6 is 11.6 Å². The van der Waals surface area contributed by atoms with Gasteiger partial charge in [-0.25, -0.2) is 9.07 Å². The van der Waals surface area contributed by atoms with Crippen LogP contribution in [0.4, 0.5) is 4.39 Å². The zero-order valence-corrected chi connectivity index (χ0v) is 17.7. The van der Waals surface area contributed by atoms with Crippen LogP contribution in [0.25, 0.3) is 11.8 Å². The molecule has 2 atom stereocenters. The van der Waals surface area contributed by atoms with Gasteiger partial charge in [0.1, 0.15) is 5.82 Å². The molecule has 0 unspecified atom stereocenters.